The van der Waals surface area contributed by atoms with Crippen molar-refractivity contribution < 1.29 is 37.0 Å². The molecule has 8 nitrogen and oxygen atoms in total. The van der Waals surface area contributed by atoms with Crippen LogP contribution in [0.15, 0.2) is 59.8 Å². The minimum atomic E-state index is -4.49. The van der Waals surface area contributed by atoms with Crippen molar-refractivity contribution >= 4 is 17.8 Å². The third-order valence-electron chi connectivity index (χ3n) is 7.33. The molecule has 2 aromatic carbocycles. The van der Waals surface area contributed by atoms with Crippen LogP contribution in [0.1, 0.15) is 53.2 Å². The lowest BCUT2D eigenvalue weighted by atomic mass is 9.83. The molecule has 2 heterocycles. The molecule has 1 unspecified atom stereocenters. The van der Waals surface area contributed by atoms with Crippen molar-refractivity contribution in [3.8, 4) is 0 Å². The lowest BCUT2D eigenvalue weighted by Crippen LogP contribution is -2.41. The Morgan fingerprint density at radius 1 is 1.05 bits per heavy atom. The first-order valence-corrected chi connectivity index (χ1v) is 13.6. The van der Waals surface area contributed by atoms with Gasteiger partial charge in [0.1, 0.15) is 0 Å². The van der Waals surface area contributed by atoms with Crippen LogP contribution in [0.3, 0.4) is 0 Å². The number of hydrogen-bond donors (Lipinski definition) is 1. The van der Waals surface area contributed by atoms with Crippen LogP contribution in [-0.2, 0) is 31.8 Å². The molecule has 1 saturated heterocycles. The number of halogens is 3. The highest BCUT2D eigenvalue weighted by Crippen LogP contribution is 2.39. The first-order chi connectivity index (χ1) is 19.6. The Bertz CT molecular complexity index is 1270. The minimum absolute atomic E-state index is 0.0967. The number of nitrogens with one attached hydrogen (secondary N) is 1. The third kappa shape index (κ3) is 7.53. The molecule has 0 radical (unpaired) electrons. The van der Waals surface area contributed by atoms with Crippen LogP contribution in [0.2, 0.25) is 0 Å². The van der Waals surface area contributed by atoms with E-state index in [2.05, 4.69) is 10.2 Å². The van der Waals surface area contributed by atoms with Crippen molar-refractivity contribution in [2.45, 2.75) is 38.9 Å². The summed E-state index contributed by atoms with van der Waals surface area (Å²) in [4.78, 5) is 42.5. The van der Waals surface area contributed by atoms with Gasteiger partial charge in [-0.1, -0.05) is 24.3 Å². The molecule has 11 heteroatoms. The Balaban J connectivity index is 1.47. The summed E-state index contributed by atoms with van der Waals surface area (Å²) in [5, 5.41) is 2.92. The molecule has 2 aliphatic rings. The molecule has 2 aliphatic heterocycles. The standard InChI is InChI=1S/C30H34F3N3O5/c1-3-41-29(39)27-20(2)36(26(37)18-25(27)22-8-10-24(11-9-22)30(31,32)33)19-21-4-6-23(7-5-21)28(38)34-12-13-35-14-16-40-17-15-35/h4-11,25H,3,12-19H2,1-2H3,(H,34,38). The van der Waals surface area contributed by atoms with E-state index in [0.717, 1.165) is 37.3 Å². The maximum atomic E-state index is 13.3. The maximum Gasteiger partial charge on any atom is 0.416 e. The molecular formula is C30H34F3N3O5. The number of carbonyl (C=O) groups is 3. The van der Waals surface area contributed by atoms with Gasteiger partial charge in [-0.3, -0.25) is 14.5 Å². The topological polar surface area (TPSA) is 88.2 Å². The molecule has 0 bridgehead atoms. The van der Waals surface area contributed by atoms with Crippen molar-refractivity contribution in [2.75, 3.05) is 46.0 Å². The number of carbonyl (C=O) groups excluding carboxylic acids is 3. The van der Waals surface area contributed by atoms with Gasteiger partial charge in [0.05, 0.1) is 37.5 Å². The predicted octanol–water partition coefficient (Wildman–Crippen LogP) is 4.12. The van der Waals surface area contributed by atoms with E-state index in [1.807, 2.05) is 0 Å². The van der Waals surface area contributed by atoms with Crippen LogP contribution in [-0.4, -0.2) is 73.6 Å². The number of ether oxygens (including phenoxy) is 2. The zero-order valence-corrected chi connectivity index (χ0v) is 23.1. The lowest BCUT2D eigenvalue weighted by molar-refractivity contribution is -0.140. The Morgan fingerprint density at radius 2 is 1.71 bits per heavy atom. The van der Waals surface area contributed by atoms with Crippen molar-refractivity contribution in [1.29, 1.82) is 0 Å². The molecule has 4 rings (SSSR count). The monoisotopic (exact) mass is 573 g/mol. The van der Waals surface area contributed by atoms with E-state index in [1.165, 1.54) is 17.0 Å². The summed E-state index contributed by atoms with van der Waals surface area (Å²) >= 11 is 0. The van der Waals surface area contributed by atoms with Crippen LogP contribution < -0.4 is 5.32 Å². The molecule has 2 amide bonds. The summed E-state index contributed by atoms with van der Waals surface area (Å²) < 4.78 is 49.8. The van der Waals surface area contributed by atoms with Crippen molar-refractivity contribution in [2.24, 2.45) is 0 Å². The summed E-state index contributed by atoms with van der Waals surface area (Å²) in [5.74, 6) is -1.82. The van der Waals surface area contributed by atoms with Gasteiger partial charge in [0, 0.05) is 49.8 Å². The molecule has 220 valence electrons. The first-order valence-electron chi connectivity index (χ1n) is 13.6. The Hall–Kier alpha value is -3.70. The van der Waals surface area contributed by atoms with E-state index in [-0.39, 0.29) is 37.0 Å². The van der Waals surface area contributed by atoms with Gasteiger partial charge < -0.3 is 19.7 Å². The second kappa shape index (κ2) is 13.3. The fraction of sp³-hybridized carbons (Fsp3) is 0.433. The number of esters is 1. The Morgan fingerprint density at radius 3 is 2.32 bits per heavy atom. The number of allylic oxidation sites excluding steroid dienone is 1. The van der Waals surface area contributed by atoms with E-state index in [4.69, 9.17) is 9.47 Å². The SMILES string of the molecule is CCOC(=O)C1=C(C)N(Cc2ccc(C(=O)NCCN3CCOCC3)cc2)C(=O)CC1c1ccc(C(F)(F)F)cc1. The molecular weight excluding hydrogens is 539 g/mol. The van der Waals surface area contributed by atoms with Gasteiger partial charge in [0.2, 0.25) is 5.91 Å². The summed E-state index contributed by atoms with van der Waals surface area (Å²) in [7, 11) is 0. The number of amides is 2. The number of rotatable bonds is 9. The zero-order chi connectivity index (χ0) is 29.6. The summed E-state index contributed by atoms with van der Waals surface area (Å²) in [6, 6.07) is 11.4. The van der Waals surface area contributed by atoms with Gasteiger partial charge in [-0.25, -0.2) is 4.79 Å². The minimum Gasteiger partial charge on any atom is -0.463 e. The van der Waals surface area contributed by atoms with Gasteiger partial charge in [-0.05, 0) is 49.2 Å². The van der Waals surface area contributed by atoms with Gasteiger partial charge in [0.25, 0.3) is 5.91 Å². The largest absolute Gasteiger partial charge is 0.463 e. The number of hydrogen-bond acceptors (Lipinski definition) is 6. The third-order valence-corrected chi connectivity index (χ3v) is 7.33. The highest BCUT2D eigenvalue weighted by atomic mass is 19.4. The van der Waals surface area contributed by atoms with Crippen molar-refractivity contribution in [3.05, 3.63) is 82.1 Å². The molecule has 1 atom stereocenters. The Labute approximate surface area is 237 Å². The van der Waals surface area contributed by atoms with Crippen LogP contribution in [0.25, 0.3) is 0 Å². The highest BCUT2D eigenvalue weighted by Gasteiger charge is 2.37. The fourth-order valence-electron chi connectivity index (χ4n) is 5.06. The van der Waals surface area contributed by atoms with Gasteiger partial charge in [0.15, 0.2) is 0 Å². The van der Waals surface area contributed by atoms with E-state index < -0.39 is 23.6 Å². The van der Waals surface area contributed by atoms with E-state index >= 15 is 0 Å². The molecule has 0 aliphatic carbocycles. The highest BCUT2D eigenvalue weighted by molar-refractivity contribution is 5.96. The van der Waals surface area contributed by atoms with Crippen LogP contribution in [0.5, 0.6) is 0 Å². The second-order valence-corrected chi connectivity index (χ2v) is 9.98. The summed E-state index contributed by atoms with van der Waals surface area (Å²) in [6.45, 7) is 7.90. The number of morpholine rings is 1. The van der Waals surface area contributed by atoms with Crippen LogP contribution in [0, 0.1) is 0 Å². The van der Waals surface area contributed by atoms with Crippen LogP contribution in [0.4, 0.5) is 13.2 Å². The average molecular weight is 574 g/mol. The molecule has 1 N–H and O–H groups in total. The molecule has 41 heavy (non-hydrogen) atoms. The van der Waals surface area contributed by atoms with E-state index in [9.17, 15) is 27.6 Å². The first kappa shape index (κ1) is 30.3. The molecule has 2 aromatic rings. The summed E-state index contributed by atoms with van der Waals surface area (Å²) in [6.07, 6.45) is -4.59. The molecule has 0 aromatic heterocycles. The zero-order valence-electron chi connectivity index (χ0n) is 23.1. The number of benzene rings is 2. The number of nitrogens with zero attached hydrogens (tertiary/aromatic N) is 2. The normalized spacial score (nSPS) is 18.4. The quantitative estimate of drug-likeness (QED) is 0.455. The smallest absolute Gasteiger partial charge is 0.416 e. The predicted molar refractivity (Wildman–Crippen MR) is 145 cm³/mol. The second-order valence-electron chi connectivity index (χ2n) is 9.98. The van der Waals surface area contributed by atoms with Gasteiger partial charge in [-0.15, -0.1) is 0 Å². The van der Waals surface area contributed by atoms with Crippen molar-refractivity contribution in [1.82, 2.24) is 15.1 Å². The summed E-state index contributed by atoms with van der Waals surface area (Å²) in [5.41, 5.74) is 1.48. The number of alkyl halides is 3. The fourth-order valence-corrected chi connectivity index (χ4v) is 5.06. The molecule has 0 spiro atoms. The Kier molecular flexibility index (Phi) is 9.82. The molecule has 1 fully saturated rings. The lowest BCUT2D eigenvalue weighted by Gasteiger charge is -2.34. The molecule has 0 saturated carbocycles. The maximum absolute atomic E-state index is 13.3. The van der Waals surface area contributed by atoms with Gasteiger partial charge >= 0.3 is 12.1 Å². The van der Waals surface area contributed by atoms with Crippen molar-refractivity contribution in [3.63, 3.8) is 0 Å². The average Bonchev–Trinajstić information content (AvgIpc) is 2.95. The van der Waals surface area contributed by atoms with Gasteiger partial charge in [-0.2, -0.15) is 13.2 Å². The van der Waals surface area contributed by atoms with E-state index in [1.54, 1.807) is 38.1 Å². The van der Waals surface area contributed by atoms with Crippen LogP contribution >= 0.6 is 0 Å². The van der Waals surface area contributed by atoms with E-state index in [0.29, 0.717) is 36.6 Å².